The van der Waals surface area contributed by atoms with Crippen molar-refractivity contribution in [3.63, 3.8) is 0 Å². The van der Waals surface area contributed by atoms with Crippen LogP contribution in [0.5, 0.6) is 0 Å². The predicted molar refractivity (Wildman–Crippen MR) is 116 cm³/mol. The topological polar surface area (TPSA) is 79.3 Å². The van der Waals surface area contributed by atoms with Crippen LogP contribution in [0, 0.1) is 0 Å². The first-order valence-corrected chi connectivity index (χ1v) is 9.88. The summed E-state index contributed by atoms with van der Waals surface area (Å²) < 4.78 is 0.806. The van der Waals surface area contributed by atoms with Crippen molar-refractivity contribution in [2.75, 3.05) is 0 Å². The largest absolute Gasteiger partial charge is 0.480 e. The average molecular weight is 449 g/mol. The zero-order valence-electron chi connectivity index (χ0n) is 15.3. The highest BCUT2D eigenvalue weighted by molar-refractivity contribution is 9.10. The molecule has 0 saturated carbocycles. The molecule has 0 aliphatic carbocycles. The molecule has 0 radical (unpaired) electrons. The van der Waals surface area contributed by atoms with Gasteiger partial charge in [0.15, 0.2) is 0 Å². The molecule has 0 spiro atoms. The second kappa shape index (κ2) is 8.01. The molecule has 0 fully saturated rings. The Morgan fingerprint density at radius 3 is 2.03 bits per heavy atom. The van der Waals surface area contributed by atoms with Crippen molar-refractivity contribution in [3.8, 4) is 0 Å². The maximum absolute atomic E-state index is 13.2. The van der Waals surface area contributed by atoms with Gasteiger partial charge in [-0.15, -0.1) is 0 Å². The smallest absolute Gasteiger partial charge is 0.326 e. The third kappa shape index (κ3) is 3.84. The lowest BCUT2D eigenvalue weighted by Gasteiger charge is -2.17. The molecule has 29 heavy (non-hydrogen) atoms. The van der Waals surface area contributed by atoms with Crippen molar-refractivity contribution in [2.24, 2.45) is 0 Å². The number of carbonyl (C=O) groups excluding carboxylic acids is 1. The minimum Gasteiger partial charge on any atom is -0.480 e. The number of carboxylic acids is 1. The van der Waals surface area contributed by atoms with Crippen molar-refractivity contribution < 1.29 is 14.7 Å². The molecule has 0 aliphatic rings. The Bertz CT molecular complexity index is 1190. The number of rotatable bonds is 5. The molecule has 4 aromatic rings. The summed E-state index contributed by atoms with van der Waals surface area (Å²) in [4.78, 5) is 29.7. The van der Waals surface area contributed by atoms with Gasteiger partial charge in [0.1, 0.15) is 6.04 Å². The molecular weight excluding hydrogens is 432 g/mol. The standard InChI is InChI=1S/C23H17BrN2O3/c24-17-10-4-1-7-14(17)13-20(23(28)29)26-22(27)21-15-8-2-5-11-18(15)25-19-12-6-3-9-16(19)21/h1-12,20H,13H2,(H,26,27)(H,28,29)/t20-/m0/s1. The monoisotopic (exact) mass is 448 g/mol. The lowest BCUT2D eigenvalue weighted by molar-refractivity contribution is -0.139. The molecule has 0 unspecified atom stereocenters. The van der Waals surface area contributed by atoms with E-state index in [0.717, 1.165) is 10.0 Å². The van der Waals surface area contributed by atoms with Crippen LogP contribution in [0.15, 0.2) is 77.3 Å². The zero-order valence-corrected chi connectivity index (χ0v) is 16.9. The molecular formula is C23H17BrN2O3. The number of carboxylic acid groups (broad SMARTS) is 1. The second-order valence-corrected chi connectivity index (χ2v) is 7.54. The summed E-state index contributed by atoms with van der Waals surface area (Å²) in [6.07, 6.45) is 0.170. The van der Waals surface area contributed by atoms with Crippen LogP contribution in [0.1, 0.15) is 15.9 Å². The van der Waals surface area contributed by atoms with Gasteiger partial charge in [-0.05, 0) is 23.8 Å². The fourth-order valence-corrected chi connectivity index (χ4v) is 3.85. The van der Waals surface area contributed by atoms with Gasteiger partial charge in [0.05, 0.1) is 16.6 Å². The molecule has 0 saturated heterocycles. The lowest BCUT2D eigenvalue weighted by Crippen LogP contribution is -2.42. The van der Waals surface area contributed by atoms with Gasteiger partial charge in [-0.3, -0.25) is 4.79 Å². The normalized spacial score (nSPS) is 12.0. The Morgan fingerprint density at radius 2 is 1.45 bits per heavy atom. The van der Waals surface area contributed by atoms with Crippen LogP contribution in [0.2, 0.25) is 0 Å². The van der Waals surface area contributed by atoms with Crippen LogP contribution in [0.25, 0.3) is 21.8 Å². The zero-order chi connectivity index (χ0) is 20.4. The fourth-order valence-electron chi connectivity index (χ4n) is 3.40. The number of hydrogen-bond acceptors (Lipinski definition) is 3. The van der Waals surface area contributed by atoms with Gasteiger partial charge >= 0.3 is 5.97 Å². The van der Waals surface area contributed by atoms with Gasteiger partial charge in [-0.1, -0.05) is 70.5 Å². The molecule has 1 atom stereocenters. The van der Waals surface area contributed by atoms with E-state index in [1.807, 2.05) is 72.8 Å². The maximum atomic E-state index is 13.2. The molecule has 0 bridgehead atoms. The summed E-state index contributed by atoms with van der Waals surface area (Å²) in [5.41, 5.74) is 2.62. The molecule has 1 aromatic heterocycles. The highest BCUT2D eigenvalue weighted by Crippen LogP contribution is 2.26. The van der Waals surface area contributed by atoms with E-state index < -0.39 is 17.9 Å². The van der Waals surface area contributed by atoms with Gasteiger partial charge < -0.3 is 10.4 Å². The number of fused-ring (bicyclic) bond motifs is 2. The van der Waals surface area contributed by atoms with E-state index in [1.54, 1.807) is 0 Å². The first-order chi connectivity index (χ1) is 14.0. The number of benzene rings is 3. The van der Waals surface area contributed by atoms with E-state index in [-0.39, 0.29) is 6.42 Å². The number of para-hydroxylation sites is 2. The van der Waals surface area contributed by atoms with Crippen molar-refractivity contribution in [1.29, 1.82) is 0 Å². The van der Waals surface area contributed by atoms with Gasteiger partial charge in [0, 0.05) is 21.7 Å². The van der Waals surface area contributed by atoms with E-state index in [1.165, 1.54) is 0 Å². The predicted octanol–water partition coefficient (Wildman–Crippen LogP) is 4.58. The van der Waals surface area contributed by atoms with E-state index >= 15 is 0 Å². The summed E-state index contributed by atoms with van der Waals surface area (Å²) in [6, 6.07) is 21.1. The molecule has 2 N–H and O–H groups in total. The van der Waals surface area contributed by atoms with Crippen molar-refractivity contribution in [2.45, 2.75) is 12.5 Å². The minimum atomic E-state index is -1.09. The van der Waals surface area contributed by atoms with Gasteiger partial charge in [-0.25, -0.2) is 9.78 Å². The number of amides is 1. The summed E-state index contributed by atoms with van der Waals surface area (Å²) in [5.74, 6) is -1.52. The van der Waals surface area contributed by atoms with Gasteiger partial charge in [0.2, 0.25) is 0 Å². The molecule has 4 rings (SSSR count). The summed E-state index contributed by atoms with van der Waals surface area (Å²) in [5, 5.41) is 13.8. The van der Waals surface area contributed by atoms with Crippen molar-refractivity contribution >= 4 is 49.6 Å². The molecule has 3 aromatic carbocycles. The summed E-state index contributed by atoms with van der Waals surface area (Å²) in [7, 11) is 0. The van der Waals surface area contributed by atoms with Crippen LogP contribution in [-0.4, -0.2) is 28.0 Å². The minimum absolute atomic E-state index is 0.170. The molecule has 1 amide bonds. The van der Waals surface area contributed by atoms with Crippen molar-refractivity contribution in [3.05, 3.63) is 88.4 Å². The fraction of sp³-hybridized carbons (Fsp3) is 0.0870. The number of nitrogens with one attached hydrogen (secondary N) is 1. The molecule has 1 heterocycles. The van der Waals surface area contributed by atoms with E-state index in [2.05, 4.69) is 26.2 Å². The number of aliphatic carboxylic acids is 1. The number of carbonyl (C=O) groups is 2. The third-order valence-corrected chi connectivity index (χ3v) is 5.57. The molecule has 0 aliphatic heterocycles. The van der Waals surface area contributed by atoms with Crippen molar-refractivity contribution in [1.82, 2.24) is 10.3 Å². The number of pyridine rings is 1. The van der Waals surface area contributed by atoms with Crippen LogP contribution < -0.4 is 5.32 Å². The maximum Gasteiger partial charge on any atom is 0.326 e. The highest BCUT2D eigenvalue weighted by atomic mass is 79.9. The second-order valence-electron chi connectivity index (χ2n) is 6.68. The Balaban J connectivity index is 1.75. The first kappa shape index (κ1) is 19.1. The van der Waals surface area contributed by atoms with Gasteiger partial charge in [0.25, 0.3) is 5.91 Å². The Kier molecular flexibility index (Phi) is 5.27. The van der Waals surface area contributed by atoms with Crippen LogP contribution in [0.3, 0.4) is 0 Å². The SMILES string of the molecule is O=C(N[C@@H](Cc1ccccc1Br)C(=O)O)c1c2ccccc2nc2ccccc12. The number of aromatic nitrogens is 1. The van der Waals surface area contributed by atoms with Crippen LogP contribution >= 0.6 is 15.9 Å². The number of halogens is 1. The Morgan fingerprint density at radius 1 is 0.897 bits per heavy atom. The molecule has 6 heteroatoms. The Hall–Kier alpha value is -3.25. The lowest BCUT2D eigenvalue weighted by atomic mass is 10.0. The van der Waals surface area contributed by atoms with Gasteiger partial charge in [-0.2, -0.15) is 0 Å². The van der Waals surface area contributed by atoms with Crippen LogP contribution in [0.4, 0.5) is 0 Å². The molecule has 144 valence electrons. The summed E-state index contributed by atoms with van der Waals surface area (Å²) in [6.45, 7) is 0. The van der Waals surface area contributed by atoms with E-state index in [0.29, 0.717) is 27.4 Å². The number of hydrogen-bond donors (Lipinski definition) is 2. The summed E-state index contributed by atoms with van der Waals surface area (Å²) >= 11 is 3.44. The first-order valence-electron chi connectivity index (χ1n) is 9.09. The van der Waals surface area contributed by atoms with E-state index in [4.69, 9.17) is 0 Å². The van der Waals surface area contributed by atoms with Crippen LogP contribution in [-0.2, 0) is 11.2 Å². The van der Waals surface area contributed by atoms with E-state index in [9.17, 15) is 14.7 Å². The quantitative estimate of drug-likeness (QED) is 0.438. The number of nitrogens with zero attached hydrogens (tertiary/aromatic N) is 1. The Labute approximate surface area is 175 Å². The third-order valence-electron chi connectivity index (χ3n) is 4.80. The average Bonchev–Trinajstić information content (AvgIpc) is 2.72. The highest BCUT2D eigenvalue weighted by Gasteiger charge is 2.24. The molecule has 5 nitrogen and oxygen atoms in total.